The number of hydrogen-bond donors (Lipinski definition) is 0. The number of methoxy groups -OCH3 is 1. The van der Waals surface area contributed by atoms with E-state index in [0.29, 0.717) is 24.5 Å². The van der Waals surface area contributed by atoms with Gasteiger partial charge >= 0.3 is 0 Å². The molecule has 3 rings (SSSR count). The minimum Gasteiger partial charge on any atom is -0.451 e. The van der Waals surface area contributed by atoms with Gasteiger partial charge in [-0.1, -0.05) is 49.4 Å². The second-order valence-corrected chi connectivity index (χ2v) is 6.17. The fourth-order valence-electron chi connectivity index (χ4n) is 2.96. The van der Waals surface area contributed by atoms with E-state index in [1.807, 2.05) is 24.3 Å². The van der Waals surface area contributed by atoms with E-state index < -0.39 is 0 Å². The second kappa shape index (κ2) is 7.53. The Morgan fingerprint density at radius 3 is 2.44 bits per heavy atom. The molecule has 0 N–H and O–H groups in total. The van der Waals surface area contributed by atoms with Gasteiger partial charge in [0, 0.05) is 31.7 Å². The molecule has 0 aliphatic carbocycles. The molecule has 0 saturated carbocycles. The summed E-state index contributed by atoms with van der Waals surface area (Å²) in [4.78, 5) is 14.6. The number of benzene rings is 2. The maximum Gasteiger partial charge on any atom is 0.290 e. The van der Waals surface area contributed by atoms with Gasteiger partial charge in [-0.15, -0.1) is 0 Å². The molecule has 0 saturated heterocycles. The summed E-state index contributed by atoms with van der Waals surface area (Å²) >= 11 is 0. The molecule has 0 atom stereocenters. The Hall–Kier alpha value is -2.59. The molecule has 1 heterocycles. The molecule has 4 heteroatoms. The summed E-state index contributed by atoms with van der Waals surface area (Å²) < 4.78 is 11.1. The zero-order valence-corrected chi connectivity index (χ0v) is 14.9. The van der Waals surface area contributed by atoms with Gasteiger partial charge in [-0.05, 0) is 23.6 Å². The average Bonchev–Trinajstić information content (AvgIpc) is 3.01. The number of aryl methyl sites for hydroxylation is 1. The van der Waals surface area contributed by atoms with Crippen molar-refractivity contribution in [1.82, 2.24) is 4.90 Å². The van der Waals surface area contributed by atoms with E-state index >= 15 is 0 Å². The standard InChI is InChI=1S/C21H23NO3/c1-4-15-9-11-16(12-10-15)13-22(2)21(23)20-18(14-24-3)17-7-5-6-8-19(17)25-20/h5-12H,4,13-14H2,1-3H3. The number of hydrogen-bond acceptors (Lipinski definition) is 3. The van der Waals surface area contributed by atoms with E-state index in [4.69, 9.17) is 9.15 Å². The fourth-order valence-corrected chi connectivity index (χ4v) is 2.96. The molecule has 3 aromatic rings. The SMILES string of the molecule is CCc1ccc(CN(C)C(=O)c2oc3ccccc3c2COC)cc1. The Labute approximate surface area is 148 Å². The second-order valence-electron chi connectivity index (χ2n) is 6.17. The van der Waals surface area contributed by atoms with Crippen molar-refractivity contribution < 1.29 is 13.9 Å². The van der Waals surface area contributed by atoms with Crippen LogP contribution < -0.4 is 0 Å². The van der Waals surface area contributed by atoms with Crippen LogP contribution in [0.2, 0.25) is 0 Å². The number of carbonyl (C=O) groups excluding carboxylic acids is 1. The average molecular weight is 337 g/mol. The molecule has 4 nitrogen and oxygen atoms in total. The van der Waals surface area contributed by atoms with Crippen LogP contribution >= 0.6 is 0 Å². The van der Waals surface area contributed by atoms with Gasteiger partial charge in [0.25, 0.3) is 5.91 Å². The van der Waals surface area contributed by atoms with Crippen LogP contribution in [-0.2, 0) is 24.3 Å². The maximum atomic E-state index is 12.9. The van der Waals surface area contributed by atoms with Gasteiger partial charge in [-0.25, -0.2) is 0 Å². The van der Waals surface area contributed by atoms with Gasteiger partial charge in [0.1, 0.15) is 5.58 Å². The highest BCUT2D eigenvalue weighted by Gasteiger charge is 2.23. The highest BCUT2D eigenvalue weighted by atomic mass is 16.5. The van der Waals surface area contributed by atoms with Crippen molar-refractivity contribution in [3.8, 4) is 0 Å². The van der Waals surface area contributed by atoms with Gasteiger partial charge in [0.2, 0.25) is 0 Å². The van der Waals surface area contributed by atoms with Crippen LogP contribution in [0.1, 0.15) is 34.2 Å². The largest absolute Gasteiger partial charge is 0.451 e. The molecule has 0 unspecified atom stereocenters. The van der Waals surface area contributed by atoms with Gasteiger partial charge in [-0.2, -0.15) is 0 Å². The number of ether oxygens (including phenoxy) is 1. The van der Waals surface area contributed by atoms with Crippen LogP contribution in [0.4, 0.5) is 0 Å². The monoisotopic (exact) mass is 337 g/mol. The van der Waals surface area contributed by atoms with Crippen molar-refractivity contribution in [2.24, 2.45) is 0 Å². The van der Waals surface area contributed by atoms with E-state index in [2.05, 4.69) is 31.2 Å². The van der Waals surface area contributed by atoms with Crippen molar-refractivity contribution in [3.05, 3.63) is 71.0 Å². The van der Waals surface area contributed by atoms with Crippen molar-refractivity contribution in [2.75, 3.05) is 14.2 Å². The smallest absolute Gasteiger partial charge is 0.290 e. The predicted octanol–water partition coefficient (Wildman–Crippen LogP) is 4.41. The predicted molar refractivity (Wildman–Crippen MR) is 98.5 cm³/mol. The molecule has 0 fully saturated rings. The van der Waals surface area contributed by atoms with Gasteiger partial charge in [-0.3, -0.25) is 4.79 Å². The van der Waals surface area contributed by atoms with Crippen molar-refractivity contribution >= 4 is 16.9 Å². The van der Waals surface area contributed by atoms with Crippen LogP contribution in [0, 0.1) is 0 Å². The quantitative estimate of drug-likeness (QED) is 0.669. The van der Waals surface area contributed by atoms with Crippen molar-refractivity contribution in [2.45, 2.75) is 26.5 Å². The first-order chi connectivity index (χ1) is 12.1. The molecular weight excluding hydrogens is 314 g/mol. The molecule has 130 valence electrons. The van der Waals surface area contributed by atoms with Crippen molar-refractivity contribution in [3.63, 3.8) is 0 Å². The zero-order chi connectivity index (χ0) is 17.8. The number of fused-ring (bicyclic) bond motifs is 1. The molecule has 0 aliphatic heterocycles. The highest BCUT2D eigenvalue weighted by molar-refractivity contribution is 5.98. The fraction of sp³-hybridized carbons (Fsp3) is 0.286. The van der Waals surface area contributed by atoms with E-state index in [0.717, 1.165) is 22.9 Å². The molecular formula is C21H23NO3. The summed E-state index contributed by atoms with van der Waals surface area (Å²) in [6.45, 7) is 3.01. The third-order valence-electron chi connectivity index (χ3n) is 4.38. The first-order valence-corrected chi connectivity index (χ1v) is 8.46. The number of nitrogens with zero attached hydrogens (tertiary/aromatic N) is 1. The van der Waals surface area contributed by atoms with Crippen LogP contribution in [-0.4, -0.2) is 25.0 Å². The summed E-state index contributed by atoms with van der Waals surface area (Å²) in [5.41, 5.74) is 3.89. The first kappa shape index (κ1) is 17.2. The number of carbonyl (C=O) groups is 1. The van der Waals surface area contributed by atoms with Crippen LogP contribution in [0.15, 0.2) is 52.9 Å². The van der Waals surface area contributed by atoms with E-state index in [9.17, 15) is 4.79 Å². The Morgan fingerprint density at radius 1 is 1.08 bits per heavy atom. The summed E-state index contributed by atoms with van der Waals surface area (Å²) in [6.07, 6.45) is 1.01. The normalized spacial score (nSPS) is 11.0. The Balaban J connectivity index is 1.86. The summed E-state index contributed by atoms with van der Waals surface area (Å²) in [6, 6.07) is 16.0. The Kier molecular flexibility index (Phi) is 5.19. The zero-order valence-electron chi connectivity index (χ0n) is 14.9. The van der Waals surface area contributed by atoms with Crippen molar-refractivity contribution in [1.29, 1.82) is 0 Å². The molecule has 0 spiro atoms. The Bertz CT molecular complexity index is 864. The van der Waals surface area contributed by atoms with Crippen LogP contribution in [0.25, 0.3) is 11.0 Å². The van der Waals surface area contributed by atoms with Gasteiger partial charge in [0.15, 0.2) is 5.76 Å². The van der Waals surface area contributed by atoms with Crippen LogP contribution in [0.3, 0.4) is 0 Å². The lowest BCUT2D eigenvalue weighted by atomic mass is 10.1. The Morgan fingerprint density at radius 2 is 1.76 bits per heavy atom. The van der Waals surface area contributed by atoms with E-state index in [1.54, 1.807) is 19.1 Å². The minimum atomic E-state index is -0.136. The number of furan rings is 1. The van der Waals surface area contributed by atoms with E-state index in [-0.39, 0.29) is 5.91 Å². The lowest BCUT2D eigenvalue weighted by Gasteiger charge is -2.17. The maximum absolute atomic E-state index is 12.9. The summed E-state index contributed by atoms with van der Waals surface area (Å²) in [5, 5.41) is 0.924. The molecule has 25 heavy (non-hydrogen) atoms. The molecule has 1 aromatic heterocycles. The molecule has 0 aliphatic rings. The lowest BCUT2D eigenvalue weighted by Crippen LogP contribution is -2.26. The highest BCUT2D eigenvalue weighted by Crippen LogP contribution is 2.27. The summed E-state index contributed by atoms with van der Waals surface area (Å²) in [5.74, 6) is 0.221. The topological polar surface area (TPSA) is 42.7 Å². The third-order valence-corrected chi connectivity index (χ3v) is 4.38. The molecule has 0 radical (unpaired) electrons. The summed E-state index contributed by atoms with van der Waals surface area (Å²) in [7, 11) is 3.41. The number of rotatable bonds is 6. The minimum absolute atomic E-state index is 0.136. The van der Waals surface area contributed by atoms with Crippen LogP contribution in [0.5, 0.6) is 0 Å². The first-order valence-electron chi connectivity index (χ1n) is 8.46. The van der Waals surface area contributed by atoms with Gasteiger partial charge in [0.05, 0.1) is 6.61 Å². The number of amides is 1. The molecule has 1 amide bonds. The molecule has 2 aromatic carbocycles. The lowest BCUT2D eigenvalue weighted by molar-refractivity contribution is 0.0749. The third kappa shape index (κ3) is 3.59. The van der Waals surface area contributed by atoms with E-state index in [1.165, 1.54) is 5.56 Å². The molecule has 0 bridgehead atoms. The van der Waals surface area contributed by atoms with Gasteiger partial charge < -0.3 is 14.1 Å². The number of para-hydroxylation sites is 1.